The molecule has 0 radical (unpaired) electrons. The number of hydrogen-bond acceptors (Lipinski definition) is 0. The van der Waals surface area contributed by atoms with Crippen LogP contribution in [0.2, 0.25) is 0 Å². The van der Waals surface area contributed by atoms with Crippen LogP contribution in [-0.2, 0) is 0 Å². The molecule has 1 rings (SSSR count). The Morgan fingerprint density at radius 1 is 1.08 bits per heavy atom. The van der Waals surface area contributed by atoms with Crippen LogP contribution in [0.3, 0.4) is 0 Å². The molecule has 0 heterocycles. The van der Waals surface area contributed by atoms with Crippen molar-refractivity contribution in [1.82, 2.24) is 0 Å². The fraction of sp³-hybridized carbons (Fsp3) is 0.143. The Hall–Kier alpha value is 0.641. The van der Waals surface area contributed by atoms with E-state index in [1.165, 1.54) is 6.92 Å². The average molecular weight is 216 g/mol. The van der Waals surface area contributed by atoms with Gasteiger partial charge in [-0.25, -0.2) is 4.39 Å². The molecule has 0 spiro atoms. The van der Waals surface area contributed by atoms with E-state index >= 15 is 0 Å². The molecular formula is C7H6BF4K. The Balaban J connectivity index is 0.00000144. The minimum atomic E-state index is -5.08. The SMILES string of the molecule is Cc1cc(F)cc([B-](F)(F)F)c1.[K+]. The molecule has 0 atom stereocenters. The first-order valence-corrected chi connectivity index (χ1v) is 3.36. The van der Waals surface area contributed by atoms with Crippen molar-refractivity contribution in [2.45, 2.75) is 6.92 Å². The van der Waals surface area contributed by atoms with Crippen molar-refractivity contribution in [2.24, 2.45) is 0 Å². The quantitative estimate of drug-likeness (QED) is 0.425. The van der Waals surface area contributed by atoms with Crippen molar-refractivity contribution in [1.29, 1.82) is 0 Å². The third-order valence-corrected chi connectivity index (χ3v) is 1.44. The van der Waals surface area contributed by atoms with Gasteiger partial charge in [0, 0.05) is 0 Å². The molecule has 1 aromatic rings. The molecule has 0 aromatic heterocycles. The van der Waals surface area contributed by atoms with Crippen molar-refractivity contribution in [3.8, 4) is 0 Å². The Morgan fingerprint density at radius 3 is 2.00 bits per heavy atom. The normalized spacial score (nSPS) is 10.8. The van der Waals surface area contributed by atoms with Gasteiger partial charge in [-0.15, -0.1) is 5.46 Å². The van der Waals surface area contributed by atoms with E-state index in [1.807, 2.05) is 0 Å². The van der Waals surface area contributed by atoms with Gasteiger partial charge < -0.3 is 12.9 Å². The number of hydrogen-bond donors (Lipinski definition) is 0. The second-order valence-electron chi connectivity index (χ2n) is 2.64. The smallest absolute Gasteiger partial charge is 0.445 e. The zero-order chi connectivity index (χ0) is 9.35. The molecule has 0 unspecified atom stereocenters. The molecule has 0 nitrogen and oxygen atoms in total. The predicted octanol–water partition coefficient (Wildman–Crippen LogP) is -0.807. The first-order chi connectivity index (χ1) is 5.39. The minimum Gasteiger partial charge on any atom is -0.445 e. The molecule has 66 valence electrons. The second-order valence-corrected chi connectivity index (χ2v) is 2.64. The summed E-state index contributed by atoms with van der Waals surface area (Å²) < 4.78 is 48.6. The standard InChI is InChI=1S/C7H6BF4.K/c1-5-2-6(8(10,11)12)4-7(9)3-5;/h2-4H,1H3;/q-1;+1. The molecular weight excluding hydrogens is 210 g/mol. The molecule has 0 bridgehead atoms. The summed E-state index contributed by atoms with van der Waals surface area (Å²) in [7, 11) is 0. The maximum absolute atomic E-state index is 12.5. The maximum Gasteiger partial charge on any atom is 1.00 e. The van der Waals surface area contributed by atoms with Crippen molar-refractivity contribution >= 4 is 12.4 Å². The van der Waals surface area contributed by atoms with Crippen LogP contribution in [0.15, 0.2) is 18.2 Å². The van der Waals surface area contributed by atoms with E-state index in [1.54, 1.807) is 0 Å². The Morgan fingerprint density at radius 2 is 1.62 bits per heavy atom. The van der Waals surface area contributed by atoms with Crippen LogP contribution in [0.25, 0.3) is 0 Å². The van der Waals surface area contributed by atoms with Crippen molar-refractivity contribution in [2.75, 3.05) is 0 Å². The largest absolute Gasteiger partial charge is 1.00 e. The van der Waals surface area contributed by atoms with Gasteiger partial charge in [0.2, 0.25) is 0 Å². The first kappa shape index (κ1) is 13.6. The summed E-state index contributed by atoms with van der Waals surface area (Å²) in [6.45, 7) is -3.66. The van der Waals surface area contributed by atoms with Gasteiger partial charge in [-0.2, -0.15) is 0 Å². The molecule has 0 amide bonds. The van der Waals surface area contributed by atoms with E-state index in [0.717, 1.165) is 12.1 Å². The average Bonchev–Trinajstić information content (AvgIpc) is 1.82. The van der Waals surface area contributed by atoms with Crippen LogP contribution in [0.5, 0.6) is 0 Å². The molecule has 0 fully saturated rings. The Kier molecular flexibility index (Phi) is 5.17. The minimum absolute atomic E-state index is 0. The summed E-state index contributed by atoms with van der Waals surface area (Å²) in [4.78, 5) is 0. The van der Waals surface area contributed by atoms with Crippen molar-refractivity contribution < 1.29 is 68.7 Å². The van der Waals surface area contributed by atoms with E-state index in [0.29, 0.717) is 6.07 Å². The number of benzene rings is 1. The van der Waals surface area contributed by atoms with Gasteiger partial charge in [0.15, 0.2) is 0 Å². The summed E-state index contributed by atoms with van der Waals surface area (Å²) in [6.07, 6.45) is 0. The fourth-order valence-corrected chi connectivity index (χ4v) is 0.954. The Bertz CT molecular complexity index is 277. The van der Waals surface area contributed by atoms with Crippen LogP contribution >= 0.6 is 0 Å². The fourth-order valence-electron chi connectivity index (χ4n) is 0.954. The molecule has 0 saturated heterocycles. The zero-order valence-electron chi connectivity index (χ0n) is 7.32. The molecule has 0 aliphatic heterocycles. The van der Waals surface area contributed by atoms with E-state index in [4.69, 9.17) is 0 Å². The number of rotatable bonds is 1. The summed E-state index contributed by atoms with van der Waals surface area (Å²) in [5.74, 6) is -0.843. The van der Waals surface area contributed by atoms with E-state index in [2.05, 4.69) is 0 Å². The molecule has 0 aliphatic rings. The topological polar surface area (TPSA) is 0 Å². The summed E-state index contributed by atoms with van der Waals surface area (Å²) in [6, 6.07) is 2.50. The van der Waals surface area contributed by atoms with Crippen LogP contribution in [0.1, 0.15) is 5.56 Å². The summed E-state index contributed by atoms with van der Waals surface area (Å²) >= 11 is 0. The predicted molar refractivity (Wildman–Crippen MR) is 39.8 cm³/mol. The van der Waals surface area contributed by atoms with Gasteiger partial charge >= 0.3 is 58.4 Å². The van der Waals surface area contributed by atoms with Gasteiger partial charge in [0.1, 0.15) is 5.82 Å². The molecule has 1 aromatic carbocycles. The summed E-state index contributed by atoms with van der Waals surface area (Å²) in [5, 5.41) is 0. The van der Waals surface area contributed by atoms with Crippen LogP contribution < -0.4 is 56.8 Å². The molecule has 0 saturated carbocycles. The number of aryl methyl sites for hydroxylation is 1. The Labute approximate surface area is 116 Å². The molecule has 0 N–H and O–H groups in total. The van der Waals surface area contributed by atoms with E-state index < -0.39 is 18.3 Å². The third kappa shape index (κ3) is 4.12. The zero-order valence-corrected chi connectivity index (χ0v) is 10.4. The first-order valence-electron chi connectivity index (χ1n) is 3.36. The van der Waals surface area contributed by atoms with Gasteiger partial charge in [-0.05, 0) is 13.0 Å². The molecule has 13 heavy (non-hydrogen) atoms. The molecule has 0 aliphatic carbocycles. The second kappa shape index (κ2) is 4.93. The van der Waals surface area contributed by atoms with Crippen LogP contribution in [0, 0.1) is 12.7 Å². The maximum atomic E-state index is 12.5. The van der Waals surface area contributed by atoms with Crippen LogP contribution in [0.4, 0.5) is 17.3 Å². The van der Waals surface area contributed by atoms with Gasteiger partial charge in [-0.1, -0.05) is 17.7 Å². The monoisotopic (exact) mass is 216 g/mol. The summed E-state index contributed by atoms with van der Waals surface area (Å²) in [5.41, 5.74) is -0.600. The number of halogens is 4. The third-order valence-electron chi connectivity index (χ3n) is 1.44. The van der Waals surface area contributed by atoms with Gasteiger partial charge in [0.25, 0.3) is 0 Å². The van der Waals surface area contributed by atoms with Crippen LogP contribution in [-0.4, -0.2) is 6.98 Å². The van der Waals surface area contributed by atoms with E-state index in [9.17, 15) is 17.3 Å². The van der Waals surface area contributed by atoms with Gasteiger partial charge in [-0.3, -0.25) is 0 Å². The van der Waals surface area contributed by atoms with Crippen molar-refractivity contribution in [3.05, 3.63) is 29.6 Å². The molecule has 6 heteroatoms. The van der Waals surface area contributed by atoms with Gasteiger partial charge in [0.05, 0.1) is 0 Å². The van der Waals surface area contributed by atoms with E-state index in [-0.39, 0.29) is 56.9 Å². The van der Waals surface area contributed by atoms with Crippen molar-refractivity contribution in [3.63, 3.8) is 0 Å².